The number of anilines is 2. The van der Waals surface area contributed by atoms with Gasteiger partial charge in [-0.25, -0.2) is 9.59 Å². The molecule has 0 unspecified atom stereocenters. The summed E-state index contributed by atoms with van der Waals surface area (Å²) < 4.78 is 28.6. The average Bonchev–Trinajstić information content (AvgIpc) is 2.89. The summed E-state index contributed by atoms with van der Waals surface area (Å²) in [5, 5.41) is 1.30. The first-order chi connectivity index (χ1) is 17.4. The van der Waals surface area contributed by atoms with E-state index in [0.29, 0.717) is 34.4 Å². The number of hydrogen-bond acceptors (Lipinski definition) is 11. The smallest absolute Gasteiger partial charge is 0.396 e. The minimum Gasteiger partial charge on any atom is -0.494 e. The van der Waals surface area contributed by atoms with Crippen molar-refractivity contribution in [3.8, 4) is 23.0 Å². The number of carbonyl (C=O) groups excluding carboxylic acids is 4. The third-order valence-electron chi connectivity index (χ3n) is 4.29. The second kappa shape index (κ2) is 18.1. The minimum absolute atomic E-state index is 0. The maximum Gasteiger partial charge on any atom is 0.396 e. The Labute approximate surface area is 227 Å². The predicted molar refractivity (Wildman–Crippen MR) is 143 cm³/mol. The van der Waals surface area contributed by atoms with Crippen molar-refractivity contribution < 1.29 is 47.6 Å². The second-order valence-electron chi connectivity index (χ2n) is 6.84. The quantitative estimate of drug-likeness (QED) is 0.231. The number of benzene rings is 2. The number of aryl methyl sites for hydroxylation is 2. The van der Waals surface area contributed by atoms with Crippen molar-refractivity contribution in [3.05, 3.63) is 35.4 Å². The van der Waals surface area contributed by atoms with Gasteiger partial charge in [-0.1, -0.05) is 7.43 Å². The van der Waals surface area contributed by atoms with E-state index >= 15 is 0 Å². The highest BCUT2D eigenvalue weighted by Gasteiger charge is 2.19. The number of amides is 1. The van der Waals surface area contributed by atoms with Crippen LogP contribution in [0.2, 0.25) is 0 Å². The van der Waals surface area contributed by atoms with Crippen LogP contribution in [-0.2, 0) is 28.7 Å². The first kappa shape index (κ1) is 36.0. The van der Waals surface area contributed by atoms with Gasteiger partial charge in [-0.05, 0) is 60.8 Å². The molecule has 0 atom stereocenters. The van der Waals surface area contributed by atoms with E-state index in [-0.39, 0.29) is 7.43 Å². The Morgan fingerprint density at radius 3 is 1.29 bits per heavy atom. The molecule has 212 valence electrons. The first-order valence-electron chi connectivity index (χ1n) is 10.3. The third-order valence-corrected chi connectivity index (χ3v) is 4.45. The summed E-state index contributed by atoms with van der Waals surface area (Å²) in [5.74, 6) is -0.772. The average molecular weight is 559 g/mol. The zero-order valence-electron chi connectivity index (χ0n) is 21.8. The van der Waals surface area contributed by atoms with E-state index < -0.39 is 23.1 Å². The lowest BCUT2D eigenvalue weighted by molar-refractivity contribution is -0.150. The molecule has 13 heteroatoms. The highest BCUT2D eigenvalue weighted by molar-refractivity contribution is 6.80. The van der Waals surface area contributed by atoms with Crippen molar-refractivity contribution in [3.63, 3.8) is 0 Å². The molecule has 0 aliphatic heterocycles. The summed E-state index contributed by atoms with van der Waals surface area (Å²) in [5.41, 5.74) is 8.53. The Balaban J connectivity index is 0. The van der Waals surface area contributed by atoms with Crippen LogP contribution in [0.25, 0.3) is 0 Å². The van der Waals surface area contributed by atoms with Crippen molar-refractivity contribution in [1.29, 1.82) is 0 Å². The number of hydrogen-bond donors (Lipinski definition) is 2. The second-order valence-corrected chi connectivity index (χ2v) is 7.18. The van der Waals surface area contributed by atoms with Gasteiger partial charge in [0.05, 0.1) is 42.7 Å². The van der Waals surface area contributed by atoms with Crippen molar-refractivity contribution >= 4 is 46.1 Å². The van der Waals surface area contributed by atoms with Crippen LogP contribution >= 0.6 is 11.6 Å². The maximum absolute atomic E-state index is 11.5. The zero-order chi connectivity index (χ0) is 28.7. The molecule has 0 spiro atoms. The Kier molecular flexibility index (Phi) is 17.1. The number of esters is 2. The lowest BCUT2D eigenvalue weighted by Crippen LogP contribution is -2.24. The summed E-state index contributed by atoms with van der Waals surface area (Å²) in [6.07, 6.45) is 0. The first-order valence-corrected chi connectivity index (χ1v) is 10.7. The Hall–Kier alpha value is -4.19. The molecule has 0 fully saturated rings. The highest BCUT2D eigenvalue weighted by atomic mass is 35.5. The van der Waals surface area contributed by atoms with Crippen LogP contribution in [0.4, 0.5) is 11.4 Å². The SMILES string of the molecule is C.COC(=O)C(=O)Cl.COC(=O)C(=O)Nc1c(OC)cc(C)cc1OC.COc1cc(C)cc(OC)c1N. The van der Waals surface area contributed by atoms with E-state index in [0.717, 1.165) is 25.3 Å². The van der Waals surface area contributed by atoms with Crippen LogP contribution < -0.4 is 30.0 Å². The van der Waals surface area contributed by atoms with Crippen LogP contribution in [0.3, 0.4) is 0 Å². The topological polar surface area (TPSA) is 162 Å². The molecule has 0 aromatic heterocycles. The molecule has 0 heterocycles. The molecular weight excluding hydrogens is 524 g/mol. The van der Waals surface area contributed by atoms with E-state index in [9.17, 15) is 19.2 Å². The molecule has 3 N–H and O–H groups in total. The van der Waals surface area contributed by atoms with Crippen LogP contribution in [0.15, 0.2) is 24.3 Å². The highest BCUT2D eigenvalue weighted by Crippen LogP contribution is 2.36. The number of carbonyl (C=O) groups is 4. The van der Waals surface area contributed by atoms with Crippen LogP contribution in [0, 0.1) is 13.8 Å². The third kappa shape index (κ3) is 11.2. The van der Waals surface area contributed by atoms with Gasteiger partial charge in [-0.2, -0.15) is 0 Å². The normalized spacial score (nSPS) is 8.97. The summed E-state index contributed by atoms with van der Waals surface area (Å²) in [6.45, 7) is 3.82. The summed E-state index contributed by atoms with van der Waals surface area (Å²) >= 11 is 4.61. The van der Waals surface area contributed by atoms with Crippen molar-refractivity contribution in [1.82, 2.24) is 0 Å². The molecule has 0 saturated heterocycles. The summed E-state index contributed by atoms with van der Waals surface area (Å²) in [7, 11) is 8.31. The zero-order valence-corrected chi connectivity index (χ0v) is 22.6. The van der Waals surface area contributed by atoms with Gasteiger partial charge in [0.2, 0.25) is 0 Å². The molecule has 2 rings (SSSR count). The molecule has 1 amide bonds. The molecule has 12 nitrogen and oxygen atoms in total. The molecule has 2 aromatic rings. The number of halogens is 1. The number of nitrogens with one attached hydrogen (secondary N) is 1. The number of ether oxygens (including phenoxy) is 6. The Morgan fingerprint density at radius 2 is 1.03 bits per heavy atom. The maximum atomic E-state index is 11.5. The van der Waals surface area contributed by atoms with E-state index in [1.807, 2.05) is 26.0 Å². The molecule has 38 heavy (non-hydrogen) atoms. The van der Waals surface area contributed by atoms with Gasteiger partial charge < -0.3 is 39.5 Å². The van der Waals surface area contributed by atoms with E-state index in [2.05, 4.69) is 26.4 Å². The van der Waals surface area contributed by atoms with Crippen molar-refractivity contribution in [2.24, 2.45) is 0 Å². The Morgan fingerprint density at radius 1 is 0.684 bits per heavy atom. The van der Waals surface area contributed by atoms with Crippen LogP contribution in [0.1, 0.15) is 18.6 Å². The lowest BCUT2D eigenvalue weighted by atomic mass is 10.2. The van der Waals surface area contributed by atoms with Gasteiger partial charge in [0.1, 0.15) is 34.4 Å². The molecule has 0 aliphatic rings. The van der Waals surface area contributed by atoms with Gasteiger partial charge >= 0.3 is 23.1 Å². The number of methoxy groups -OCH3 is 6. The minimum atomic E-state index is -1.09. The van der Waals surface area contributed by atoms with E-state index in [4.69, 9.17) is 24.7 Å². The standard InChI is InChI=1S/C12H15NO5.C9H13NO2.C3H3ClO3.CH4/c1-7-5-8(16-2)10(9(6-7)17-3)13-11(14)12(15)18-4;1-6-4-7(11-2)9(10)8(5-6)12-3;1-7-3(6)2(4)5;/h5-6H,1-4H3,(H,13,14);4-5H,10H2,1-3H3;1H3;1H4. The van der Waals surface area contributed by atoms with Crippen LogP contribution in [-0.4, -0.2) is 65.7 Å². The largest absolute Gasteiger partial charge is 0.494 e. The van der Waals surface area contributed by atoms with Crippen molar-refractivity contribution in [2.45, 2.75) is 21.3 Å². The molecule has 0 radical (unpaired) electrons. The number of rotatable bonds is 6. The molecular formula is C25H35ClN2O10. The number of nitrogens with two attached hydrogens (primary N) is 1. The van der Waals surface area contributed by atoms with Crippen LogP contribution in [0.5, 0.6) is 23.0 Å². The fourth-order valence-corrected chi connectivity index (χ4v) is 2.65. The fraction of sp³-hybridized carbons (Fsp3) is 0.360. The predicted octanol–water partition coefficient (Wildman–Crippen LogP) is 3.28. The summed E-state index contributed by atoms with van der Waals surface area (Å²) in [6, 6.07) is 7.18. The van der Waals surface area contributed by atoms with Gasteiger partial charge in [-0.15, -0.1) is 0 Å². The fourth-order valence-electron chi connectivity index (χ4n) is 2.57. The van der Waals surface area contributed by atoms with E-state index in [1.54, 1.807) is 26.4 Å². The van der Waals surface area contributed by atoms with Crippen molar-refractivity contribution in [2.75, 3.05) is 53.7 Å². The van der Waals surface area contributed by atoms with Gasteiger partial charge in [0, 0.05) is 0 Å². The van der Waals surface area contributed by atoms with Gasteiger partial charge in [0.15, 0.2) is 0 Å². The van der Waals surface area contributed by atoms with Gasteiger partial charge in [-0.3, -0.25) is 9.59 Å². The van der Waals surface area contributed by atoms with Gasteiger partial charge in [0.25, 0.3) is 0 Å². The summed E-state index contributed by atoms with van der Waals surface area (Å²) in [4.78, 5) is 42.0. The molecule has 0 aliphatic carbocycles. The lowest BCUT2D eigenvalue weighted by Gasteiger charge is -2.14. The molecule has 2 aromatic carbocycles. The monoisotopic (exact) mass is 558 g/mol. The molecule has 0 saturated carbocycles. The number of nitrogen functional groups attached to an aromatic ring is 1. The Bertz CT molecular complexity index is 1060. The molecule has 0 bridgehead atoms. The van der Waals surface area contributed by atoms with E-state index in [1.165, 1.54) is 14.2 Å².